The van der Waals surface area contributed by atoms with Crippen molar-refractivity contribution in [1.82, 2.24) is 5.32 Å². The van der Waals surface area contributed by atoms with Gasteiger partial charge in [0, 0.05) is 71.2 Å². The molecule has 5 rings (SSSR count). The highest BCUT2D eigenvalue weighted by Crippen LogP contribution is 2.66. The first-order valence-electron chi connectivity index (χ1n) is 22.4. The third kappa shape index (κ3) is 15.8. The van der Waals surface area contributed by atoms with Gasteiger partial charge in [-0.3, -0.25) is 9.32 Å². The number of ether oxygens (including phenoxy) is 2. The summed E-state index contributed by atoms with van der Waals surface area (Å²) in [6.07, 6.45) is 11.5. The number of phosphoric acid groups is 3. The van der Waals surface area contributed by atoms with Crippen LogP contribution in [0.2, 0.25) is 0 Å². The summed E-state index contributed by atoms with van der Waals surface area (Å²) in [5.41, 5.74) is 6.63. The molecule has 2 radical (unpaired) electrons. The van der Waals surface area contributed by atoms with E-state index in [2.05, 4.69) is 68.5 Å². The number of anilines is 1. The number of nitrogens with one attached hydrogen (secondary N) is 1. The first-order chi connectivity index (χ1) is 32.4. The molecule has 5 N–H and O–H groups in total. The van der Waals surface area contributed by atoms with Crippen molar-refractivity contribution in [1.29, 1.82) is 0 Å². The fraction of sp³-hybridized carbons (Fsp3) is 0.545. The summed E-state index contributed by atoms with van der Waals surface area (Å²) in [5, 5.41) is 3.03. The maximum Gasteiger partial charge on any atom is 0.490 e. The Morgan fingerprint density at radius 1 is 1.00 bits per heavy atom. The lowest BCUT2D eigenvalue weighted by Crippen LogP contribution is -2.35. The molecule has 19 nitrogen and oxygen atoms in total. The zero-order chi connectivity index (χ0) is 52.1. The second-order valence-electron chi connectivity index (χ2n) is 18.7. The molecule has 386 valence electrons. The number of fused-ring (bicyclic) bond motifs is 2. The number of nitrogens with zero attached hydrogens (tertiary/aromatic N) is 2. The molecule has 0 spiro atoms. The van der Waals surface area contributed by atoms with Gasteiger partial charge in [0.1, 0.15) is 36.6 Å². The lowest BCUT2D eigenvalue weighted by Gasteiger charge is -2.25. The van der Waals surface area contributed by atoms with Crippen LogP contribution in [0.5, 0.6) is 0 Å². The van der Waals surface area contributed by atoms with Crippen LogP contribution in [-0.2, 0) is 62.1 Å². The Labute approximate surface area is 419 Å². The van der Waals surface area contributed by atoms with Crippen molar-refractivity contribution >= 4 is 86.0 Å². The van der Waals surface area contributed by atoms with E-state index in [0.29, 0.717) is 25.9 Å². The molecule has 0 aliphatic carbocycles. The maximum absolute atomic E-state index is 12.9. The predicted molar refractivity (Wildman–Crippen MR) is 270 cm³/mol. The first kappa shape index (κ1) is 58.5. The average Bonchev–Trinajstić information content (AvgIpc) is 3.77. The van der Waals surface area contributed by atoms with Gasteiger partial charge in [0.2, 0.25) is 11.6 Å². The standard InChI is InChI=1S/C44H63BN3O16P3S3/c1-9-47-34-22-20-31(70(57,58)59)25-33(34)44(7,8)38(47)16-12-10-13-17-39-43(5,6)32-24-30(2)19-21-35(32)48(39)23-15-11-14-18-41(49)46-28-42(3,4)69-68-29-60-36-26-40(45)62-37(36)27-61-66(53,54)64-67(55,56)63-65(50,51)52/h10,12-13,16-17,19-22,24-25,36-37,40H,9,11,14-15,18,23,26-29H2,1-8H3,(H5-,46,49,50,51,52,53,54,55,56,57,58,59)/t36-,37-,40-/m1/s1. The molecule has 3 heterocycles. The smallest absolute Gasteiger partial charge is 0.490 e. The summed E-state index contributed by atoms with van der Waals surface area (Å²) in [6.45, 7) is 17.7. The van der Waals surface area contributed by atoms with E-state index in [1.165, 1.54) is 44.8 Å². The van der Waals surface area contributed by atoms with E-state index < -0.39 is 68.6 Å². The third-order valence-electron chi connectivity index (χ3n) is 11.9. The molecule has 0 bridgehead atoms. The molecule has 26 heteroatoms. The molecule has 0 aromatic heterocycles. The largest absolute Gasteiger partial charge is 0.744 e. The quantitative estimate of drug-likeness (QED) is 0.00924. The molecule has 3 aliphatic heterocycles. The molecule has 2 aromatic carbocycles. The highest BCUT2D eigenvalue weighted by molar-refractivity contribution is 8.77. The normalized spacial score (nSPS) is 22.5. The van der Waals surface area contributed by atoms with Crippen LogP contribution in [0, 0.1) is 6.92 Å². The van der Waals surface area contributed by atoms with Gasteiger partial charge in [0.25, 0.3) is 0 Å². The van der Waals surface area contributed by atoms with E-state index in [4.69, 9.17) is 31.6 Å². The molecule has 2 unspecified atom stereocenters. The Balaban J connectivity index is 1.09. The van der Waals surface area contributed by atoms with Gasteiger partial charge in [-0.05, 0) is 96.7 Å². The van der Waals surface area contributed by atoms with Crippen LogP contribution >= 0.6 is 45.1 Å². The van der Waals surface area contributed by atoms with Crippen LogP contribution in [0.4, 0.5) is 11.4 Å². The van der Waals surface area contributed by atoms with Gasteiger partial charge in [-0.1, -0.05) is 65.3 Å². The summed E-state index contributed by atoms with van der Waals surface area (Å²) >= 11 is 0. The SMILES string of the molecule is [B][C@H]1C[C@@H](OCSSC(C)(C)CNC(=O)CCCCC[N+]2=C(/C=C/C=C/C=C3/N(CC)c4ccc(S(=O)(=O)[O-])cc4C3(C)C)C(C)(C)c3cc(C)ccc32)[C@@H](COP(=O)(O)OP(=O)(O)OP(=O)(O)O)O1. The van der Waals surface area contributed by atoms with Crippen LogP contribution in [0.25, 0.3) is 0 Å². The first-order valence-corrected chi connectivity index (χ1v) is 30.7. The number of allylic oxidation sites excluding steroid dienone is 6. The molecular formula is C44H63BN3O16P3S3. The molecule has 1 amide bonds. The zero-order valence-corrected chi connectivity index (χ0v) is 45.5. The molecule has 2 aromatic rings. The van der Waals surface area contributed by atoms with Gasteiger partial charge in [-0.2, -0.15) is 13.2 Å². The van der Waals surface area contributed by atoms with E-state index in [-0.39, 0.29) is 28.6 Å². The number of phosphoric ester groups is 1. The van der Waals surface area contributed by atoms with Crippen molar-refractivity contribution < 1.29 is 78.2 Å². The number of likely N-dealkylation sites (N-methyl/N-ethyl adjacent to an activating group) is 1. The topological polar surface area (TPSA) is 271 Å². The number of amides is 1. The second-order valence-corrected chi connectivity index (χ2v) is 27.4. The van der Waals surface area contributed by atoms with Gasteiger partial charge in [0.05, 0.1) is 23.0 Å². The minimum atomic E-state index is -5.67. The van der Waals surface area contributed by atoms with E-state index in [0.717, 1.165) is 47.7 Å². The van der Waals surface area contributed by atoms with Crippen molar-refractivity contribution in [2.45, 2.75) is 126 Å². The van der Waals surface area contributed by atoms with Crippen LogP contribution in [0.1, 0.15) is 97.3 Å². The zero-order valence-electron chi connectivity index (χ0n) is 40.4. The van der Waals surface area contributed by atoms with Gasteiger partial charge in [-0.15, -0.1) is 0 Å². The number of unbranched alkanes of at least 4 members (excludes halogenated alkanes) is 2. The van der Waals surface area contributed by atoms with Gasteiger partial charge >= 0.3 is 23.5 Å². The number of hydrogen-bond donors (Lipinski definition) is 5. The highest BCUT2D eigenvalue weighted by Gasteiger charge is 2.45. The summed E-state index contributed by atoms with van der Waals surface area (Å²) in [6, 6.07) is 10.3. The van der Waals surface area contributed by atoms with Crippen LogP contribution in [0.3, 0.4) is 0 Å². The van der Waals surface area contributed by atoms with Crippen molar-refractivity contribution in [2.75, 3.05) is 37.1 Å². The lowest BCUT2D eigenvalue weighted by molar-refractivity contribution is -0.438. The number of rotatable bonds is 25. The second kappa shape index (κ2) is 23.4. The van der Waals surface area contributed by atoms with Crippen molar-refractivity contribution in [2.24, 2.45) is 0 Å². The number of hydrogen-bond acceptors (Lipinski definition) is 15. The van der Waals surface area contributed by atoms with Crippen molar-refractivity contribution in [3.63, 3.8) is 0 Å². The van der Waals surface area contributed by atoms with Crippen LogP contribution in [0.15, 0.2) is 77.4 Å². The molecule has 1 fully saturated rings. The molecule has 70 heavy (non-hydrogen) atoms. The molecule has 0 saturated carbocycles. The number of carbonyl (C=O) groups excluding carboxylic acids is 1. The van der Waals surface area contributed by atoms with E-state index >= 15 is 0 Å². The Morgan fingerprint density at radius 2 is 1.71 bits per heavy atom. The Kier molecular flexibility index (Phi) is 19.6. The monoisotopic (exact) mass is 1090 g/mol. The summed E-state index contributed by atoms with van der Waals surface area (Å²) in [7, 11) is -12.5. The van der Waals surface area contributed by atoms with E-state index in [1.54, 1.807) is 6.07 Å². The van der Waals surface area contributed by atoms with E-state index in [9.17, 15) is 41.2 Å². The van der Waals surface area contributed by atoms with Gasteiger partial charge in [0.15, 0.2) is 5.71 Å². The molecular weight excluding hydrogens is 1030 g/mol. The Hall–Kier alpha value is -2.40. The van der Waals surface area contributed by atoms with Crippen molar-refractivity contribution in [3.05, 3.63) is 89.2 Å². The molecule has 3 aliphatic rings. The lowest BCUT2D eigenvalue weighted by atomic mass is 9.81. The predicted octanol–water partition coefficient (Wildman–Crippen LogP) is 7.90. The minimum absolute atomic E-state index is 0.0574. The Bertz CT molecular complexity index is 2640. The van der Waals surface area contributed by atoms with E-state index in [1.807, 2.05) is 58.9 Å². The number of carbonyl (C=O) groups is 1. The summed E-state index contributed by atoms with van der Waals surface area (Å²) in [5.74, 6) is 0.0751. The summed E-state index contributed by atoms with van der Waals surface area (Å²) in [4.78, 5) is 51.4. The fourth-order valence-electron chi connectivity index (χ4n) is 8.54. The van der Waals surface area contributed by atoms with Gasteiger partial charge in [-0.25, -0.2) is 22.1 Å². The molecule has 1 saturated heterocycles. The molecule has 5 atom stereocenters. The van der Waals surface area contributed by atoms with Crippen LogP contribution in [-0.4, -0.2) is 112 Å². The van der Waals surface area contributed by atoms with Crippen LogP contribution < -0.4 is 10.2 Å². The van der Waals surface area contributed by atoms with Gasteiger partial charge < -0.3 is 43.8 Å². The number of aryl methyl sites for hydroxylation is 1. The summed E-state index contributed by atoms with van der Waals surface area (Å²) < 4.78 is 95.6. The highest BCUT2D eigenvalue weighted by atomic mass is 33.1. The fourth-order valence-corrected chi connectivity index (χ4v) is 14.2. The van der Waals surface area contributed by atoms with Crippen molar-refractivity contribution in [3.8, 4) is 0 Å². The average molecular weight is 1090 g/mol. The third-order valence-corrected chi connectivity index (χ3v) is 19.5. The minimum Gasteiger partial charge on any atom is -0.744 e. The maximum atomic E-state index is 12.9. The number of benzene rings is 2. The Morgan fingerprint density at radius 3 is 2.39 bits per heavy atom.